The Kier molecular flexibility index (Phi) is 7.04. The van der Waals surface area contributed by atoms with Crippen LogP contribution in [-0.4, -0.2) is 63.5 Å². The minimum absolute atomic E-state index is 0.454. The zero-order valence-corrected chi connectivity index (χ0v) is 11.7. The highest BCUT2D eigenvalue weighted by atomic mass is 16.5. The first kappa shape index (κ1) is 14.9. The van der Waals surface area contributed by atoms with Crippen molar-refractivity contribution in [2.75, 3.05) is 40.5 Å². The molecule has 17 heavy (non-hydrogen) atoms. The van der Waals surface area contributed by atoms with Gasteiger partial charge in [0.1, 0.15) is 0 Å². The molecule has 102 valence electrons. The van der Waals surface area contributed by atoms with Crippen molar-refractivity contribution in [3.8, 4) is 0 Å². The molecule has 0 spiro atoms. The van der Waals surface area contributed by atoms with Gasteiger partial charge in [0.25, 0.3) is 0 Å². The Labute approximate surface area is 106 Å². The third kappa shape index (κ3) is 4.92. The normalized spacial score (nSPS) is 27.4. The van der Waals surface area contributed by atoms with E-state index in [9.17, 15) is 0 Å². The molecule has 1 aliphatic heterocycles. The quantitative estimate of drug-likeness (QED) is 0.727. The van der Waals surface area contributed by atoms with Crippen LogP contribution in [0.15, 0.2) is 0 Å². The van der Waals surface area contributed by atoms with E-state index in [4.69, 9.17) is 9.47 Å². The van der Waals surface area contributed by atoms with Gasteiger partial charge < -0.3 is 14.8 Å². The van der Waals surface area contributed by atoms with Crippen molar-refractivity contribution in [1.29, 1.82) is 0 Å². The highest BCUT2D eigenvalue weighted by Gasteiger charge is 2.26. The standard InChI is InChI=1S/C13H28N2O2/c1-11-5-6-13(9-14-11)15(7-8-16-3)12(2)10-17-4/h11-14H,5-10H2,1-4H3. The molecule has 1 N–H and O–H groups in total. The minimum Gasteiger partial charge on any atom is -0.383 e. The maximum absolute atomic E-state index is 5.27. The molecular formula is C13H28N2O2. The molecule has 1 heterocycles. The van der Waals surface area contributed by atoms with Gasteiger partial charge in [-0.25, -0.2) is 0 Å². The monoisotopic (exact) mass is 244 g/mol. The average Bonchev–Trinajstić information content (AvgIpc) is 2.32. The van der Waals surface area contributed by atoms with Gasteiger partial charge in [-0.1, -0.05) is 0 Å². The topological polar surface area (TPSA) is 33.7 Å². The minimum atomic E-state index is 0.454. The smallest absolute Gasteiger partial charge is 0.0615 e. The van der Waals surface area contributed by atoms with Crippen molar-refractivity contribution >= 4 is 0 Å². The predicted octanol–water partition coefficient (Wildman–Crippen LogP) is 1.11. The molecule has 1 rings (SSSR count). The summed E-state index contributed by atoms with van der Waals surface area (Å²) >= 11 is 0. The molecule has 0 amide bonds. The number of rotatable bonds is 7. The first-order valence-corrected chi connectivity index (χ1v) is 6.66. The summed E-state index contributed by atoms with van der Waals surface area (Å²) in [5.41, 5.74) is 0. The van der Waals surface area contributed by atoms with Crippen LogP contribution in [0.2, 0.25) is 0 Å². The molecule has 0 aromatic heterocycles. The summed E-state index contributed by atoms with van der Waals surface area (Å²) < 4.78 is 10.5. The van der Waals surface area contributed by atoms with Gasteiger partial charge in [-0.15, -0.1) is 0 Å². The highest BCUT2D eigenvalue weighted by molar-refractivity contribution is 4.84. The molecule has 3 atom stereocenters. The molecule has 0 aromatic rings. The van der Waals surface area contributed by atoms with Crippen LogP contribution in [0.1, 0.15) is 26.7 Å². The van der Waals surface area contributed by atoms with E-state index in [-0.39, 0.29) is 0 Å². The van der Waals surface area contributed by atoms with Crippen LogP contribution < -0.4 is 5.32 Å². The third-order valence-electron chi connectivity index (χ3n) is 3.63. The number of hydrogen-bond acceptors (Lipinski definition) is 4. The van der Waals surface area contributed by atoms with Crippen LogP contribution in [0, 0.1) is 0 Å². The fourth-order valence-corrected chi connectivity index (χ4v) is 2.56. The lowest BCUT2D eigenvalue weighted by molar-refractivity contribution is 0.0364. The molecule has 3 unspecified atom stereocenters. The molecular weight excluding hydrogens is 216 g/mol. The van der Waals surface area contributed by atoms with Gasteiger partial charge in [0, 0.05) is 45.4 Å². The molecule has 0 aliphatic carbocycles. The Balaban J connectivity index is 2.48. The summed E-state index contributed by atoms with van der Waals surface area (Å²) in [6.07, 6.45) is 2.53. The van der Waals surface area contributed by atoms with Crippen molar-refractivity contribution in [1.82, 2.24) is 10.2 Å². The Morgan fingerprint density at radius 2 is 2.06 bits per heavy atom. The average molecular weight is 244 g/mol. The molecule has 1 saturated heterocycles. The Bertz CT molecular complexity index is 194. The number of piperidine rings is 1. The second-order valence-electron chi connectivity index (χ2n) is 5.08. The lowest BCUT2D eigenvalue weighted by atomic mass is 9.99. The number of nitrogens with zero attached hydrogens (tertiary/aromatic N) is 1. The van der Waals surface area contributed by atoms with Gasteiger partial charge in [-0.2, -0.15) is 0 Å². The number of nitrogens with one attached hydrogen (secondary N) is 1. The van der Waals surface area contributed by atoms with Crippen molar-refractivity contribution in [2.45, 2.75) is 44.8 Å². The van der Waals surface area contributed by atoms with E-state index in [1.54, 1.807) is 14.2 Å². The number of hydrogen-bond donors (Lipinski definition) is 1. The van der Waals surface area contributed by atoms with E-state index in [0.29, 0.717) is 18.1 Å². The second-order valence-corrected chi connectivity index (χ2v) is 5.08. The summed E-state index contributed by atoms with van der Waals surface area (Å²) in [4.78, 5) is 2.52. The van der Waals surface area contributed by atoms with E-state index < -0.39 is 0 Å². The van der Waals surface area contributed by atoms with Gasteiger partial charge in [0.15, 0.2) is 0 Å². The van der Waals surface area contributed by atoms with Crippen molar-refractivity contribution in [2.24, 2.45) is 0 Å². The maximum Gasteiger partial charge on any atom is 0.0615 e. The molecule has 0 bridgehead atoms. The van der Waals surface area contributed by atoms with Gasteiger partial charge in [-0.3, -0.25) is 4.90 Å². The van der Waals surface area contributed by atoms with E-state index >= 15 is 0 Å². The molecule has 1 fully saturated rings. The van der Waals surface area contributed by atoms with E-state index in [2.05, 4.69) is 24.1 Å². The van der Waals surface area contributed by atoms with Crippen LogP contribution in [0.25, 0.3) is 0 Å². The fourth-order valence-electron chi connectivity index (χ4n) is 2.56. The Morgan fingerprint density at radius 1 is 1.29 bits per heavy atom. The van der Waals surface area contributed by atoms with Crippen LogP contribution in [0.3, 0.4) is 0 Å². The first-order valence-electron chi connectivity index (χ1n) is 6.66. The summed E-state index contributed by atoms with van der Waals surface area (Å²) in [5.74, 6) is 0. The molecule has 4 nitrogen and oxygen atoms in total. The SMILES string of the molecule is COCCN(C(C)COC)C1CCC(C)NC1. The van der Waals surface area contributed by atoms with E-state index in [1.165, 1.54) is 12.8 Å². The van der Waals surface area contributed by atoms with Gasteiger partial charge >= 0.3 is 0 Å². The summed E-state index contributed by atoms with van der Waals surface area (Å²) in [7, 11) is 3.53. The van der Waals surface area contributed by atoms with Crippen LogP contribution in [0.5, 0.6) is 0 Å². The van der Waals surface area contributed by atoms with E-state index in [1.807, 2.05) is 0 Å². The van der Waals surface area contributed by atoms with Crippen LogP contribution in [-0.2, 0) is 9.47 Å². The largest absolute Gasteiger partial charge is 0.383 e. The molecule has 4 heteroatoms. The van der Waals surface area contributed by atoms with E-state index in [0.717, 1.165) is 26.3 Å². The zero-order chi connectivity index (χ0) is 12.7. The molecule has 1 aliphatic rings. The number of ether oxygens (including phenoxy) is 2. The van der Waals surface area contributed by atoms with Crippen LogP contribution >= 0.6 is 0 Å². The van der Waals surface area contributed by atoms with Crippen LogP contribution in [0.4, 0.5) is 0 Å². The van der Waals surface area contributed by atoms with Crippen molar-refractivity contribution in [3.05, 3.63) is 0 Å². The maximum atomic E-state index is 5.27. The first-order chi connectivity index (χ1) is 8.19. The lowest BCUT2D eigenvalue weighted by Crippen LogP contribution is -2.53. The van der Waals surface area contributed by atoms with Gasteiger partial charge in [0.05, 0.1) is 13.2 Å². The molecule has 0 radical (unpaired) electrons. The Hall–Kier alpha value is -0.160. The fraction of sp³-hybridized carbons (Fsp3) is 1.00. The van der Waals surface area contributed by atoms with Crippen molar-refractivity contribution in [3.63, 3.8) is 0 Å². The number of methoxy groups -OCH3 is 2. The van der Waals surface area contributed by atoms with Crippen molar-refractivity contribution < 1.29 is 9.47 Å². The second kappa shape index (κ2) is 8.03. The van der Waals surface area contributed by atoms with Gasteiger partial charge in [0.2, 0.25) is 0 Å². The predicted molar refractivity (Wildman–Crippen MR) is 70.4 cm³/mol. The lowest BCUT2D eigenvalue weighted by Gasteiger charge is -2.40. The summed E-state index contributed by atoms with van der Waals surface area (Å²) in [5, 5.41) is 3.56. The van der Waals surface area contributed by atoms with Gasteiger partial charge in [-0.05, 0) is 26.7 Å². The summed E-state index contributed by atoms with van der Waals surface area (Å²) in [6, 6.07) is 1.73. The zero-order valence-electron chi connectivity index (χ0n) is 11.7. The molecule has 0 aromatic carbocycles. The third-order valence-corrected chi connectivity index (χ3v) is 3.63. The Morgan fingerprint density at radius 3 is 2.59 bits per heavy atom. The summed E-state index contributed by atoms with van der Waals surface area (Å²) in [6.45, 7) is 8.14. The molecule has 0 saturated carbocycles. The highest BCUT2D eigenvalue weighted by Crippen LogP contribution is 2.16.